The average molecular weight is 263 g/mol. The topological polar surface area (TPSA) is 125 Å². The lowest BCUT2D eigenvalue weighted by molar-refractivity contribution is -0.117. The van der Waals surface area contributed by atoms with Gasteiger partial charge in [-0.1, -0.05) is 0 Å². The molecule has 0 radical (unpaired) electrons. The van der Waals surface area contributed by atoms with E-state index < -0.39 is 15.3 Å². The number of nitrogens with zero attached hydrogens (tertiary/aromatic N) is 2. The van der Waals surface area contributed by atoms with Crippen LogP contribution in [0.1, 0.15) is 6.42 Å². The van der Waals surface area contributed by atoms with Crippen molar-refractivity contribution in [2.45, 2.75) is 11.7 Å². The standard InChI is InChI=1S/C6H9N5O3S2/c7-16(13,14)3-1-4(12)11(2-3)5-8-6(15)10-9-5/h3H,1-2H2,(H2,7,13,14)(H2,8,9,10,15). The molecule has 1 unspecified atom stereocenters. The van der Waals surface area contributed by atoms with Gasteiger partial charge in [-0.2, -0.15) is 4.98 Å². The number of H-pyrrole nitrogens is 2. The third-order valence-electron chi connectivity index (χ3n) is 2.30. The average Bonchev–Trinajstić information content (AvgIpc) is 2.70. The molecule has 1 amide bonds. The lowest BCUT2D eigenvalue weighted by Gasteiger charge is -2.11. The highest BCUT2D eigenvalue weighted by Crippen LogP contribution is 2.20. The number of sulfonamides is 1. The fourth-order valence-corrected chi connectivity index (χ4v) is 2.36. The highest BCUT2D eigenvalue weighted by atomic mass is 32.2. The maximum absolute atomic E-state index is 11.5. The van der Waals surface area contributed by atoms with Crippen molar-refractivity contribution in [2.24, 2.45) is 5.14 Å². The third kappa shape index (κ3) is 1.99. The van der Waals surface area contributed by atoms with Crippen molar-refractivity contribution in [3.8, 4) is 0 Å². The van der Waals surface area contributed by atoms with Crippen LogP contribution in [0.5, 0.6) is 0 Å². The number of anilines is 1. The van der Waals surface area contributed by atoms with Crippen LogP contribution in [0.3, 0.4) is 0 Å². The maximum Gasteiger partial charge on any atom is 0.230 e. The Morgan fingerprint density at radius 2 is 2.19 bits per heavy atom. The number of nitrogens with one attached hydrogen (secondary N) is 2. The van der Waals surface area contributed by atoms with E-state index in [2.05, 4.69) is 15.2 Å². The molecule has 88 valence electrons. The predicted octanol–water partition coefficient (Wildman–Crippen LogP) is -1.14. The van der Waals surface area contributed by atoms with Crippen LogP contribution >= 0.6 is 12.2 Å². The summed E-state index contributed by atoms with van der Waals surface area (Å²) in [5, 5.41) is 9.20. The first-order chi connectivity index (χ1) is 7.38. The lowest BCUT2D eigenvalue weighted by atomic mass is 10.4. The first-order valence-electron chi connectivity index (χ1n) is 4.34. The second kappa shape index (κ2) is 3.64. The minimum atomic E-state index is -3.71. The Labute approximate surface area is 95.9 Å². The van der Waals surface area contributed by atoms with E-state index in [-0.39, 0.29) is 29.6 Å². The largest absolute Gasteiger partial charge is 0.280 e. The van der Waals surface area contributed by atoms with Crippen molar-refractivity contribution in [1.29, 1.82) is 0 Å². The second-order valence-corrected chi connectivity index (χ2v) is 5.64. The van der Waals surface area contributed by atoms with Crippen molar-refractivity contribution in [3.63, 3.8) is 0 Å². The summed E-state index contributed by atoms with van der Waals surface area (Å²) >= 11 is 4.73. The quantitative estimate of drug-likeness (QED) is 0.582. The Bertz CT molecular complexity index is 573. The fraction of sp³-hybridized carbons (Fsp3) is 0.500. The van der Waals surface area contributed by atoms with Crippen molar-refractivity contribution < 1.29 is 13.2 Å². The van der Waals surface area contributed by atoms with Crippen molar-refractivity contribution >= 4 is 34.1 Å². The number of primary sulfonamides is 1. The summed E-state index contributed by atoms with van der Waals surface area (Å²) in [6, 6.07) is 0. The van der Waals surface area contributed by atoms with Gasteiger partial charge in [0, 0.05) is 13.0 Å². The molecule has 1 aliphatic heterocycles. The number of hydrogen-bond acceptors (Lipinski definition) is 5. The Morgan fingerprint density at radius 1 is 1.50 bits per heavy atom. The third-order valence-corrected chi connectivity index (χ3v) is 3.74. The molecule has 2 heterocycles. The summed E-state index contributed by atoms with van der Waals surface area (Å²) in [6.07, 6.45) is -0.133. The van der Waals surface area contributed by atoms with E-state index >= 15 is 0 Å². The molecule has 10 heteroatoms. The first-order valence-corrected chi connectivity index (χ1v) is 6.36. The molecule has 1 aromatic rings. The number of amides is 1. The molecule has 8 nitrogen and oxygen atoms in total. The van der Waals surface area contributed by atoms with Gasteiger partial charge >= 0.3 is 0 Å². The summed E-state index contributed by atoms with van der Waals surface area (Å²) in [5.41, 5.74) is 0. The molecule has 2 rings (SSSR count). The van der Waals surface area contributed by atoms with Crippen molar-refractivity contribution in [3.05, 3.63) is 4.77 Å². The zero-order chi connectivity index (χ0) is 11.9. The Kier molecular flexibility index (Phi) is 2.56. The van der Waals surface area contributed by atoms with Crippen LogP contribution in [0.4, 0.5) is 5.95 Å². The van der Waals surface area contributed by atoms with Gasteiger partial charge in [-0.25, -0.2) is 13.6 Å². The van der Waals surface area contributed by atoms with Gasteiger partial charge in [-0.05, 0) is 12.2 Å². The van der Waals surface area contributed by atoms with Crippen molar-refractivity contribution in [1.82, 2.24) is 15.2 Å². The predicted molar refractivity (Wildman–Crippen MR) is 57.6 cm³/mol. The molecular weight excluding hydrogens is 254 g/mol. The van der Waals surface area contributed by atoms with Gasteiger partial charge in [0.15, 0.2) is 0 Å². The van der Waals surface area contributed by atoms with Crippen molar-refractivity contribution in [2.75, 3.05) is 11.4 Å². The number of hydrogen-bond donors (Lipinski definition) is 3. The molecule has 0 bridgehead atoms. The smallest absolute Gasteiger partial charge is 0.230 e. The number of rotatable bonds is 2. The van der Waals surface area contributed by atoms with Crippen LogP contribution in [-0.2, 0) is 14.8 Å². The number of carbonyl (C=O) groups is 1. The normalized spacial score (nSPS) is 21.7. The van der Waals surface area contributed by atoms with Gasteiger partial charge < -0.3 is 0 Å². The first kappa shape index (κ1) is 11.2. The van der Waals surface area contributed by atoms with Gasteiger partial charge in [0.05, 0.1) is 0 Å². The highest BCUT2D eigenvalue weighted by molar-refractivity contribution is 7.89. The number of aromatic nitrogens is 3. The Balaban J connectivity index is 2.27. The molecule has 16 heavy (non-hydrogen) atoms. The minimum Gasteiger partial charge on any atom is -0.280 e. The molecule has 0 saturated carbocycles. The van der Waals surface area contributed by atoms with Crippen LogP contribution in [0.2, 0.25) is 0 Å². The summed E-state index contributed by atoms with van der Waals surface area (Å²) in [7, 11) is -3.71. The lowest BCUT2D eigenvalue weighted by Crippen LogP contribution is -2.32. The Hall–Kier alpha value is -1.26. The molecular formula is C6H9N5O3S2. The fourth-order valence-electron chi connectivity index (χ4n) is 1.49. The zero-order valence-corrected chi connectivity index (χ0v) is 9.64. The molecule has 1 aromatic heterocycles. The van der Waals surface area contributed by atoms with E-state index in [0.717, 1.165) is 0 Å². The molecule has 1 aliphatic rings. The molecule has 1 atom stereocenters. The molecule has 1 saturated heterocycles. The van der Waals surface area contributed by atoms with Gasteiger partial charge in [0.1, 0.15) is 5.25 Å². The molecule has 1 fully saturated rings. The van der Waals surface area contributed by atoms with E-state index in [4.69, 9.17) is 17.4 Å². The molecule has 0 aliphatic carbocycles. The van der Waals surface area contributed by atoms with E-state index in [1.807, 2.05) is 0 Å². The highest BCUT2D eigenvalue weighted by Gasteiger charge is 2.38. The number of aromatic amines is 2. The van der Waals surface area contributed by atoms with E-state index in [9.17, 15) is 13.2 Å². The summed E-state index contributed by atoms with van der Waals surface area (Å²) in [5.74, 6) is -0.141. The van der Waals surface area contributed by atoms with Crippen LogP contribution in [0, 0.1) is 4.77 Å². The SMILES string of the molecule is NS(=O)(=O)C1CC(=O)N(c2nc(=S)[nH][nH]2)C1. The maximum atomic E-state index is 11.5. The Morgan fingerprint density at radius 3 is 2.62 bits per heavy atom. The second-order valence-electron chi connectivity index (χ2n) is 3.41. The zero-order valence-electron chi connectivity index (χ0n) is 8.00. The summed E-state index contributed by atoms with van der Waals surface area (Å²) < 4.78 is 22.4. The van der Waals surface area contributed by atoms with Crippen LogP contribution in [0.25, 0.3) is 0 Å². The summed E-state index contributed by atoms with van der Waals surface area (Å²) in [6.45, 7) is -0.00616. The van der Waals surface area contributed by atoms with E-state index in [0.29, 0.717) is 0 Å². The van der Waals surface area contributed by atoms with Gasteiger partial charge in [0.25, 0.3) is 0 Å². The number of carbonyl (C=O) groups excluding carboxylic acids is 1. The molecule has 4 N–H and O–H groups in total. The molecule has 0 aromatic carbocycles. The minimum absolute atomic E-state index is 0.00616. The van der Waals surface area contributed by atoms with Crippen LogP contribution < -0.4 is 10.0 Å². The number of nitrogens with two attached hydrogens (primary N) is 1. The summed E-state index contributed by atoms with van der Waals surface area (Å²) in [4.78, 5) is 16.6. The molecule has 0 spiro atoms. The van der Waals surface area contributed by atoms with Gasteiger partial charge in [-0.3, -0.25) is 19.9 Å². The van der Waals surface area contributed by atoms with Gasteiger partial charge in [-0.15, -0.1) is 0 Å². The van der Waals surface area contributed by atoms with Gasteiger partial charge in [0.2, 0.25) is 26.6 Å². The van der Waals surface area contributed by atoms with E-state index in [1.54, 1.807) is 0 Å². The van der Waals surface area contributed by atoms with E-state index in [1.165, 1.54) is 4.90 Å². The van der Waals surface area contributed by atoms with Crippen LogP contribution in [0.15, 0.2) is 0 Å². The monoisotopic (exact) mass is 263 g/mol. The van der Waals surface area contributed by atoms with Crippen LogP contribution in [-0.4, -0.2) is 41.3 Å².